The molecule has 0 radical (unpaired) electrons. The van der Waals surface area contributed by atoms with E-state index in [0.29, 0.717) is 6.42 Å². The molecule has 9 heteroatoms. The molecule has 1 aliphatic rings. The summed E-state index contributed by atoms with van der Waals surface area (Å²) in [7, 11) is 0. The first-order valence-corrected chi connectivity index (χ1v) is 6.44. The van der Waals surface area contributed by atoms with Gasteiger partial charge in [0.1, 0.15) is 5.56 Å². The second-order valence-corrected chi connectivity index (χ2v) is 4.83. The zero-order chi connectivity index (χ0) is 16.3. The van der Waals surface area contributed by atoms with Gasteiger partial charge in [-0.15, -0.1) is 0 Å². The van der Waals surface area contributed by atoms with Gasteiger partial charge in [-0.3, -0.25) is 9.59 Å². The van der Waals surface area contributed by atoms with E-state index in [4.69, 9.17) is 5.11 Å². The van der Waals surface area contributed by atoms with E-state index in [1.807, 2.05) is 0 Å². The fourth-order valence-corrected chi connectivity index (χ4v) is 2.14. The van der Waals surface area contributed by atoms with Crippen LogP contribution in [-0.2, 0) is 4.79 Å². The van der Waals surface area contributed by atoms with E-state index < -0.39 is 36.5 Å². The highest BCUT2D eigenvalue weighted by Gasteiger charge is 2.33. The molecule has 1 aromatic heterocycles. The molecule has 0 saturated carbocycles. The van der Waals surface area contributed by atoms with Gasteiger partial charge in [0.05, 0.1) is 5.92 Å². The molecule has 2 heterocycles. The van der Waals surface area contributed by atoms with E-state index in [9.17, 15) is 22.8 Å². The lowest BCUT2D eigenvalue weighted by Gasteiger charge is -2.18. The number of ether oxygens (including phenoxy) is 1. The van der Waals surface area contributed by atoms with Crippen molar-refractivity contribution in [2.24, 2.45) is 5.92 Å². The summed E-state index contributed by atoms with van der Waals surface area (Å²) in [4.78, 5) is 28.1. The quantitative estimate of drug-likeness (QED) is 0.911. The molecule has 0 aromatic carbocycles. The van der Waals surface area contributed by atoms with Crippen LogP contribution in [-0.4, -0.2) is 52.7 Å². The SMILES string of the molecule is O=C(O)[C@@H]1CCN(C(=O)c2cccnc2OCC(F)(F)F)C1. The highest BCUT2D eigenvalue weighted by Crippen LogP contribution is 2.24. The number of halogens is 3. The van der Waals surface area contributed by atoms with E-state index in [1.54, 1.807) is 0 Å². The summed E-state index contributed by atoms with van der Waals surface area (Å²) in [6, 6.07) is 2.70. The predicted molar refractivity (Wildman–Crippen MR) is 67.4 cm³/mol. The molecule has 0 unspecified atom stereocenters. The fourth-order valence-electron chi connectivity index (χ4n) is 2.14. The maximum absolute atomic E-state index is 12.3. The third kappa shape index (κ3) is 3.86. The minimum absolute atomic E-state index is 0.0156. The molecule has 2 rings (SSSR count). The Balaban J connectivity index is 2.12. The molecule has 0 spiro atoms. The molecule has 22 heavy (non-hydrogen) atoms. The van der Waals surface area contributed by atoms with Crippen molar-refractivity contribution in [1.29, 1.82) is 0 Å². The number of alkyl halides is 3. The Kier molecular flexibility index (Phi) is 4.53. The zero-order valence-electron chi connectivity index (χ0n) is 11.3. The van der Waals surface area contributed by atoms with Gasteiger partial charge in [-0.1, -0.05) is 0 Å². The molecular formula is C13H13F3N2O4. The van der Waals surface area contributed by atoms with E-state index in [-0.39, 0.29) is 18.7 Å². The molecular weight excluding hydrogens is 305 g/mol. The molecule has 1 aromatic rings. The van der Waals surface area contributed by atoms with E-state index in [2.05, 4.69) is 9.72 Å². The molecule has 0 bridgehead atoms. The molecule has 1 amide bonds. The van der Waals surface area contributed by atoms with Crippen LogP contribution < -0.4 is 4.74 Å². The highest BCUT2D eigenvalue weighted by atomic mass is 19.4. The first kappa shape index (κ1) is 16.1. The molecule has 6 nitrogen and oxygen atoms in total. The van der Waals surface area contributed by atoms with Gasteiger partial charge in [0, 0.05) is 19.3 Å². The number of hydrogen-bond donors (Lipinski definition) is 1. The molecule has 0 aliphatic carbocycles. The number of hydrogen-bond acceptors (Lipinski definition) is 4. The first-order chi connectivity index (χ1) is 10.3. The summed E-state index contributed by atoms with van der Waals surface area (Å²) >= 11 is 0. The third-order valence-corrected chi connectivity index (χ3v) is 3.20. The van der Waals surface area contributed by atoms with Gasteiger partial charge in [0.15, 0.2) is 6.61 Å². The summed E-state index contributed by atoms with van der Waals surface area (Å²) in [5.74, 6) is -2.67. The summed E-state index contributed by atoms with van der Waals surface area (Å²) in [6.07, 6.45) is -3.02. The monoisotopic (exact) mass is 318 g/mol. The number of likely N-dealkylation sites (tertiary alicyclic amines) is 1. The Hall–Kier alpha value is -2.32. The standard InChI is InChI=1S/C13H13F3N2O4/c14-13(15,16)7-22-10-9(2-1-4-17-10)11(19)18-5-3-8(6-18)12(20)21/h1-2,4,8H,3,5-7H2,(H,20,21)/t8-/m1/s1. The van der Waals surface area contributed by atoms with Gasteiger partial charge in [-0.25, -0.2) is 4.98 Å². The van der Waals surface area contributed by atoms with Crippen LogP contribution >= 0.6 is 0 Å². The smallest absolute Gasteiger partial charge is 0.422 e. The molecule has 1 atom stereocenters. The topological polar surface area (TPSA) is 79.7 Å². The second-order valence-electron chi connectivity index (χ2n) is 4.83. The van der Waals surface area contributed by atoms with E-state index >= 15 is 0 Å². The third-order valence-electron chi connectivity index (χ3n) is 3.20. The van der Waals surface area contributed by atoms with Crippen molar-refractivity contribution >= 4 is 11.9 Å². The first-order valence-electron chi connectivity index (χ1n) is 6.44. The summed E-state index contributed by atoms with van der Waals surface area (Å²) < 4.78 is 41.2. The number of carboxylic acid groups (broad SMARTS) is 1. The van der Waals surface area contributed by atoms with Crippen molar-refractivity contribution in [2.45, 2.75) is 12.6 Å². The summed E-state index contributed by atoms with van der Waals surface area (Å²) in [5.41, 5.74) is -0.113. The van der Waals surface area contributed by atoms with Gasteiger partial charge in [0.2, 0.25) is 5.88 Å². The minimum atomic E-state index is -4.54. The molecule has 1 fully saturated rings. The van der Waals surface area contributed by atoms with E-state index in [1.165, 1.54) is 23.2 Å². The lowest BCUT2D eigenvalue weighted by Crippen LogP contribution is -2.31. The average Bonchev–Trinajstić information content (AvgIpc) is 2.94. The summed E-state index contributed by atoms with van der Waals surface area (Å²) in [6.45, 7) is -1.31. The van der Waals surface area contributed by atoms with Crippen LogP contribution in [0.15, 0.2) is 18.3 Å². The van der Waals surface area contributed by atoms with Crippen molar-refractivity contribution < 1.29 is 32.6 Å². The number of amides is 1. The number of nitrogens with zero attached hydrogens (tertiary/aromatic N) is 2. The summed E-state index contributed by atoms with van der Waals surface area (Å²) in [5, 5.41) is 8.91. The number of aliphatic carboxylic acids is 1. The molecule has 1 saturated heterocycles. The predicted octanol–water partition coefficient (Wildman–Crippen LogP) is 1.57. The Labute approximate surface area is 123 Å². The van der Waals surface area contributed by atoms with Gasteiger partial charge >= 0.3 is 12.1 Å². The number of carbonyl (C=O) groups is 2. The average molecular weight is 318 g/mol. The Morgan fingerprint density at radius 2 is 2.18 bits per heavy atom. The number of carbonyl (C=O) groups excluding carboxylic acids is 1. The number of carboxylic acids is 1. The molecule has 1 aliphatic heterocycles. The maximum atomic E-state index is 12.3. The van der Waals surface area contributed by atoms with Crippen molar-refractivity contribution in [3.8, 4) is 5.88 Å². The van der Waals surface area contributed by atoms with Crippen LogP contribution in [0.3, 0.4) is 0 Å². The second kappa shape index (κ2) is 6.20. The van der Waals surface area contributed by atoms with Gasteiger partial charge in [-0.05, 0) is 18.6 Å². The maximum Gasteiger partial charge on any atom is 0.422 e. The lowest BCUT2D eigenvalue weighted by atomic mass is 10.1. The Bertz CT molecular complexity index is 577. The van der Waals surface area contributed by atoms with Crippen LogP contribution in [0, 0.1) is 5.92 Å². The van der Waals surface area contributed by atoms with Crippen molar-refractivity contribution in [3.63, 3.8) is 0 Å². The zero-order valence-corrected chi connectivity index (χ0v) is 11.3. The van der Waals surface area contributed by atoms with Crippen LogP contribution in [0.2, 0.25) is 0 Å². The minimum Gasteiger partial charge on any atom is -0.481 e. The Morgan fingerprint density at radius 1 is 1.45 bits per heavy atom. The van der Waals surface area contributed by atoms with Crippen LogP contribution in [0.5, 0.6) is 5.88 Å². The molecule has 1 N–H and O–H groups in total. The number of aromatic nitrogens is 1. The van der Waals surface area contributed by atoms with Gasteiger partial charge < -0.3 is 14.7 Å². The highest BCUT2D eigenvalue weighted by molar-refractivity contribution is 5.96. The van der Waals surface area contributed by atoms with Crippen LogP contribution in [0.4, 0.5) is 13.2 Å². The number of rotatable bonds is 4. The van der Waals surface area contributed by atoms with Crippen molar-refractivity contribution in [3.05, 3.63) is 23.9 Å². The van der Waals surface area contributed by atoms with Crippen LogP contribution in [0.25, 0.3) is 0 Å². The van der Waals surface area contributed by atoms with Crippen molar-refractivity contribution in [2.75, 3.05) is 19.7 Å². The van der Waals surface area contributed by atoms with E-state index in [0.717, 1.165) is 0 Å². The van der Waals surface area contributed by atoms with Gasteiger partial charge in [0.25, 0.3) is 5.91 Å². The molecule has 120 valence electrons. The van der Waals surface area contributed by atoms with Crippen molar-refractivity contribution in [1.82, 2.24) is 9.88 Å². The number of pyridine rings is 1. The van der Waals surface area contributed by atoms with Crippen LogP contribution in [0.1, 0.15) is 16.8 Å². The normalized spacial score (nSPS) is 18.3. The fraction of sp³-hybridized carbons (Fsp3) is 0.462. The largest absolute Gasteiger partial charge is 0.481 e. The Morgan fingerprint density at radius 3 is 2.77 bits per heavy atom. The van der Waals surface area contributed by atoms with Gasteiger partial charge in [-0.2, -0.15) is 13.2 Å². The lowest BCUT2D eigenvalue weighted by molar-refractivity contribution is -0.154.